The molecule has 2 amide bonds. The summed E-state index contributed by atoms with van der Waals surface area (Å²) in [6.45, 7) is 6.53. The maximum atomic E-state index is 13.4. The standard InChI is InChI=1S/C30H30N4O3/c1-4-6-16-37-25-14-10-11-22(17-25)28-23(20-34(32-28)24-12-8-7-9-13-24)18-26-21(3)27(19-31)30(36)33(15-5-2)29(26)35/h7-14,17-18,20H,4-6,15-16H2,1-3H3/b26-18+. The summed E-state index contributed by atoms with van der Waals surface area (Å²) in [5.41, 5.74) is 3.74. The van der Waals surface area contributed by atoms with E-state index in [0.717, 1.165) is 34.7 Å². The van der Waals surface area contributed by atoms with Gasteiger partial charge in [-0.15, -0.1) is 0 Å². The van der Waals surface area contributed by atoms with E-state index in [9.17, 15) is 14.9 Å². The van der Waals surface area contributed by atoms with Crippen LogP contribution in [0.2, 0.25) is 0 Å². The van der Waals surface area contributed by atoms with E-state index < -0.39 is 11.8 Å². The minimum Gasteiger partial charge on any atom is -0.494 e. The summed E-state index contributed by atoms with van der Waals surface area (Å²) in [6.07, 6.45) is 6.20. The Labute approximate surface area is 217 Å². The number of para-hydroxylation sites is 1. The average Bonchev–Trinajstić information content (AvgIpc) is 3.34. The molecule has 0 atom stereocenters. The molecule has 188 valence electrons. The van der Waals surface area contributed by atoms with Crippen molar-refractivity contribution < 1.29 is 14.3 Å². The predicted octanol–water partition coefficient (Wildman–Crippen LogP) is 5.72. The van der Waals surface area contributed by atoms with Crippen molar-refractivity contribution in [2.75, 3.05) is 13.2 Å². The molecular weight excluding hydrogens is 464 g/mol. The summed E-state index contributed by atoms with van der Waals surface area (Å²) in [6, 6.07) is 19.4. The summed E-state index contributed by atoms with van der Waals surface area (Å²) < 4.78 is 7.68. The first-order valence-corrected chi connectivity index (χ1v) is 12.6. The van der Waals surface area contributed by atoms with E-state index in [2.05, 4.69) is 6.92 Å². The molecule has 0 aliphatic carbocycles. The Balaban J connectivity index is 1.86. The summed E-state index contributed by atoms with van der Waals surface area (Å²) >= 11 is 0. The number of carbonyl (C=O) groups is 2. The van der Waals surface area contributed by atoms with Crippen molar-refractivity contribution in [3.05, 3.63) is 83.1 Å². The Bertz CT molecular complexity index is 1410. The van der Waals surface area contributed by atoms with Crippen LogP contribution in [0, 0.1) is 11.3 Å². The van der Waals surface area contributed by atoms with Crippen molar-refractivity contribution in [2.24, 2.45) is 0 Å². The number of rotatable bonds is 9. The van der Waals surface area contributed by atoms with Crippen molar-refractivity contribution in [3.63, 3.8) is 0 Å². The molecule has 7 heteroatoms. The summed E-state index contributed by atoms with van der Waals surface area (Å²) in [4.78, 5) is 27.3. The van der Waals surface area contributed by atoms with Gasteiger partial charge in [0.05, 0.1) is 12.3 Å². The second-order valence-electron chi connectivity index (χ2n) is 8.87. The topological polar surface area (TPSA) is 88.2 Å². The molecule has 0 bridgehead atoms. The molecule has 1 aliphatic heterocycles. The summed E-state index contributed by atoms with van der Waals surface area (Å²) in [7, 11) is 0. The highest BCUT2D eigenvalue weighted by atomic mass is 16.5. The highest BCUT2D eigenvalue weighted by Gasteiger charge is 2.35. The van der Waals surface area contributed by atoms with Crippen LogP contribution in [0.1, 0.15) is 45.6 Å². The van der Waals surface area contributed by atoms with Gasteiger partial charge in [-0.05, 0) is 55.7 Å². The highest BCUT2D eigenvalue weighted by molar-refractivity contribution is 6.19. The Morgan fingerprint density at radius 2 is 1.81 bits per heavy atom. The van der Waals surface area contributed by atoms with Crippen LogP contribution in [-0.4, -0.2) is 39.6 Å². The monoisotopic (exact) mass is 494 g/mol. The molecule has 7 nitrogen and oxygen atoms in total. The number of aromatic nitrogens is 2. The molecule has 37 heavy (non-hydrogen) atoms. The van der Waals surface area contributed by atoms with E-state index in [1.165, 1.54) is 0 Å². The van der Waals surface area contributed by atoms with Gasteiger partial charge in [-0.2, -0.15) is 10.4 Å². The Morgan fingerprint density at radius 3 is 2.51 bits per heavy atom. The fourth-order valence-electron chi connectivity index (χ4n) is 4.21. The third-order valence-corrected chi connectivity index (χ3v) is 6.21. The van der Waals surface area contributed by atoms with Gasteiger partial charge < -0.3 is 4.74 Å². The lowest BCUT2D eigenvalue weighted by Crippen LogP contribution is -2.43. The third kappa shape index (κ3) is 5.39. The molecule has 0 radical (unpaired) electrons. The average molecular weight is 495 g/mol. The molecule has 4 rings (SSSR count). The van der Waals surface area contributed by atoms with Gasteiger partial charge in [-0.25, -0.2) is 4.68 Å². The van der Waals surface area contributed by atoms with Crippen molar-refractivity contribution in [1.82, 2.24) is 14.7 Å². The van der Waals surface area contributed by atoms with Crippen molar-refractivity contribution in [1.29, 1.82) is 5.26 Å². The SMILES string of the molecule is CCCCOc1cccc(-c2nn(-c3ccccc3)cc2/C=C2/C(=O)N(CCC)C(=O)C(C#N)=C2C)c1. The molecule has 0 N–H and O–H groups in total. The van der Waals surface area contributed by atoms with Gasteiger partial charge in [0.25, 0.3) is 11.8 Å². The zero-order chi connectivity index (χ0) is 26.4. The lowest BCUT2D eigenvalue weighted by atomic mass is 9.93. The fourth-order valence-corrected chi connectivity index (χ4v) is 4.21. The lowest BCUT2D eigenvalue weighted by Gasteiger charge is -2.27. The smallest absolute Gasteiger partial charge is 0.271 e. The molecule has 1 aliphatic rings. The zero-order valence-corrected chi connectivity index (χ0v) is 21.4. The van der Waals surface area contributed by atoms with Crippen LogP contribution in [0.5, 0.6) is 5.75 Å². The number of hydrogen-bond donors (Lipinski definition) is 0. The number of amides is 2. The number of carbonyl (C=O) groups excluding carboxylic acids is 2. The van der Waals surface area contributed by atoms with Gasteiger partial charge in [0, 0.05) is 29.4 Å². The number of benzene rings is 2. The molecule has 2 aromatic carbocycles. The van der Waals surface area contributed by atoms with Crippen LogP contribution < -0.4 is 4.74 Å². The molecular formula is C30H30N4O3. The Hall–Kier alpha value is -4.44. The minimum absolute atomic E-state index is 0.0115. The molecule has 2 heterocycles. The highest BCUT2D eigenvalue weighted by Crippen LogP contribution is 2.32. The number of hydrogen-bond acceptors (Lipinski definition) is 5. The van der Waals surface area contributed by atoms with Crippen LogP contribution in [0.25, 0.3) is 23.0 Å². The molecule has 0 fully saturated rings. The van der Waals surface area contributed by atoms with Gasteiger partial charge >= 0.3 is 0 Å². The van der Waals surface area contributed by atoms with E-state index >= 15 is 0 Å². The van der Waals surface area contributed by atoms with Gasteiger partial charge in [0.15, 0.2) is 0 Å². The van der Waals surface area contributed by atoms with E-state index in [1.54, 1.807) is 17.7 Å². The van der Waals surface area contributed by atoms with E-state index in [4.69, 9.17) is 9.84 Å². The van der Waals surface area contributed by atoms with Crippen molar-refractivity contribution >= 4 is 17.9 Å². The fraction of sp³-hybridized carbons (Fsp3) is 0.267. The maximum Gasteiger partial charge on any atom is 0.271 e. The molecule has 0 saturated carbocycles. The molecule has 3 aromatic rings. The van der Waals surface area contributed by atoms with Crippen LogP contribution in [0.4, 0.5) is 0 Å². The summed E-state index contributed by atoms with van der Waals surface area (Å²) in [5, 5.41) is 14.5. The number of ether oxygens (including phenoxy) is 1. The molecule has 0 unspecified atom stereocenters. The Kier molecular flexibility index (Phi) is 7.99. The normalized spacial score (nSPS) is 14.9. The van der Waals surface area contributed by atoms with Crippen LogP contribution >= 0.6 is 0 Å². The zero-order valence-electron chi connectivity index (χ0n) is 21.4. The molecule has 0 saturated heterocycles. The van der Waals surface area contributed by atoms with Crippen LogP contribution in [0.3, 0.4) is 0 Å². The van der Waals surface area contributed by atoms with Crippen LogP contribution in [0.15, 0.2) is 77.5 Å². The third-order valence-electron chi connectivity index (χ3n) is 6.21. The first-order valence-electron chi connectivity index (χ1n) is 12.6. The second-order valence-corrected chi connectivity index (χ2v) is 8.87. The minimum atomic E-state index is -0.541. The van der Waals surface area contributed by atoms with Gasteiger partial charge in [0.1, 0.15) is 23.1 Å². The first kappa shape index (κ1) is 25.6. The van der Waals surface area contributed by atoms with Gasteiger partial charge in [-0.1, -0.05) is 50.6 Å². The predicted molar refractivity (Wildman–Crippen MR) is 143 cm³/mol. The van der Waals surface area contributed by atoms with E-state index in [-0.39, 0.29) is 12.1 Å². The molecule has 0 spiro atoms. The van der Waals surface area contributed by atoms with E-state index in [0.29, 0.717) is 35.4 Å². The number of nitrogens with zero attached hydrogens (tertiary/aromatic N) is 4. The number of imide groups is 1. The summed E-state index contributed by atoms with van der Waals surface area (Å²) in [5.74, 6) is -0.199. The second kappa shape index (κ2) is 11.5. The van der Waals surface area contributed by atoms with E-state index in [1.807, 2.05) is 73.8 Å². The largest absolute Gasteiger partial charge is 0.494 e. The van der Waals surface area contributed by atoms with Gasteiger partial charge in [0.2, 0.25) is 0 Å². The quantitative estimate of drug-likeness (QED) is 0.216. The number of unbranched alkanes of at least 4 members (excludes halogenated alkanes) is 1. The van der Waals surface area contributed by atoms with Crippen molar-refractivity contribution in [3.8, 4) is 28.8 Å². The number of nitriles is 1. The maximum absolute atomic E-state index is 13.4. The molecule has 1 aromatic heterocycles. The lowest BCUT2D eigenvalue weighted by molar-refractivity contribution is -0.140. The Morgan fingerprint density at radius 1 is 1.03 bits per heavy atom. The first-order chi connectivity index (χ1) is 18.0. The van der Waals surface area contributed by atoms with Gasteiger partial charge in [-0.3, -0.25) is 14.5 Å². The van der Waals surface area contributed by atoms with Crippen molar-refractivity contribution in [2.45, 2.75) is 40.0 Å². The van der Waals surface area contributed by atoms with Crippen LogP contribution in [-0.2, 0) is 9.59 Å².